The standard InChI is InChI=1S/C7H11F3N2O/c1-5(13)12-3-2-11-4-6(12)7(8,9)10/h6,11H,2-4H2,1H3. The Kier molecular flexibility index (Phi) is 2.80. The van der Waals surface area contributed by atoms with Gasteiger partial charge in [-0.25, -0.2) is 0 Å². The highest BCUT2D eigenvalue weighted by atomic mass is 19.4. The quantitative estimate of drug-likeness (QED) is 0.607. The molecule has 0 saturated carbocycles. The van der Waals surface area contributed by atoms with Gasteiger partial charge >= 0.3 is 6.18 Å². The number of carbonyl (C=O) groups excluding carboxylic acids is 1. The van der Waals surface area contributed by atoms with Crippen molar-refractivity contribution in [2.75, 3.05) is 19.6 Å². The Morgan fingerprint density at radius 2 is 2.15 bits per heavy atom. The Hall–Kier alpha value is -0.780. The minimum atomic E-state index is -4.33. The third-order valence-electron chi connectivity index (χ3n) is 2.03. The summed E-state index contributed by atoms with van der Waals surface area (Å²) in [6.45, 7) is 1.50. The van der Waals surface area contributed by atoms with Gasteiger partial charge in [-0.05, 0) is 0 Å². The molecule has 0 aliphatic carbocycles. The van der Waals surface area contributed by atoms with Gasteiger partial charge < -0.3 is 10.2 Å². The Bertz CT molecular complexity index is 204. The molecule has 0 aromatic heterocycles. The van der Waals surface area contributed by atoms with Gasteiger partial charge in [-0.15, -0.1) is 0 Å². The largest absolute Gasteiger partial charge is 0.410 e. The minimum absolute atomic E-state index is 0.125. The van der Waals surface area contributed by atoms with Gasteiger partial charge in [0.25, 0.3) is 0 Å². The van der Waals surface area contributed by atoms with Gasteiger partial charge in [0, 0.05) is 26.6 Å². The van der Waals surface area contributed by atoms with E-state index >= 15 is 0 Å². The Labute approximate surface area is 73.9 Å². The highest BCUT2D eigenvalue weighted by Crippen LogP contribution is 2.25. The summed E-state index contributed by atoms with van der Waals surface area (Å²) in [6, 6.07) is -1.67. The highest BCUT2D eigenvalue weighted by molar-refractivity contribution is 5.73. The Morgan fingerprint density at radius 1 is 1.54 bits per heavy atom. The smallest absolute Gasteiger partial charge is 0.328 e. The topological polar surface area (TPSA) is 32.3 Å². The van der Waals surface area contributed by atoms with E-state index in [0.717, 1.165) is 11.8 Å². The van der Waals surface area contributed by atoms with Crippen molar-refractivity contribution < 1.29 is 18.0 Å². The summed E-state index contributed by atoms with van der Waals surface area (Å²) < 4.78 is 37.0. The van der Waals surface area contributed by atoms with E-state index in [4.69, 9.17) is 0 Å². The number of carbonyl (C=O) groups is 1. The van der Waals surface area contributed by atoms with Gasteiger partial charge in [-0.1, -0.05) is 0 Å². The molecule has 0 bridgehead atoms. The number of alkyl halides is 3. The summed E-state index contributed by atoms with van der Waals surface area (Å²) in [7, 11) is 0. The molecule has 0 radical (unpaired) electrons. The number of nitrogens with zero attached hydrogens (tertiary/aromatic N) is 1. The van der Waals surface area contributed by atoms with Gasteiger partial charge in [0.05, 0.1) is 0 Å². The first-order chi connectivity index (χ1) is 5.93. The van der Waals surface area contributed by atoms with Crippen LogP contribution in [-0.4, -0.2) is 42.7 Å². The van der Waals surface area contributed by atoms with Crippen LogP contribution in [0.5, 0.6) is 0 Å². The predicted octanol–water partition coefficient (Wildman–Crippen LogP) is 0.369. The monoisotopic (exact) mass is 196 g/mol. The van der Waals surface area contributed by atoms with Crippen LogP contribution in [0.15, 0.2) is 0 Å². The van der Waals surface area contributed by atoms with Crippen LogP contribution in [0.25, 0.3) is 0 Å². The molecule has 13 heavy (non-hydrogen) atoms. The van der Waals surface area contributed by atoms with Crippen molar-refractivity contribution in [2.24, 2.45) is 0 Å². The molecule has 1 unspecified atom stereocenters. The summed E-state index contributed by atoms with van der Waals surface area (Å²) >= 11 is 0. The highest BCUT2D eigenvalue weighted by Gasteiger charge is 2.45. The molecule has 0 spiro atoms. The summed E-state index contributed by atoms with van der Waals surface area (Å²) in [5.41, 5.74) is 0. The van der Waals surface area contributed by atoms with E-state index in [1.54, 1.807) is 0 Å². The lowest BCUT2D eigenvalue weighted by atomic mass is 10.2. The van der Waals surface area contributed by atoms with E-state index in [0.29, 0.717) is 6.54 Å². The molecule has 6 heteroatoms. The number of hydrogen-bond acceptors (Lipinski definition) is 2. The number of halogens is 3. The first-order valence-corrected chi connectivity index (χ1v) is 3.97. The lowest BCUT2D eigenvalue weighted by Crippen LogP contribution is -2.59. The fourth-order valence-corrected chi connectivity index (χ4v) is 1.37. The van der Waals surface area contributed by atoms with Gasteiger partial charge in [0.2, 0.25) is 5.91 Å². The van der Waals surface area contributed by atoms with Crippen molar-refractivity contribution in [2.45, 2.75) is 19.1 Å². The van der Waals surface area contributed by atoms with Crippen LogP contribution < -0.4 is 5.32 Å². The van der Waals surface area contributed by atoms with Crippen LogP contribution >= 0.6 is 0 Å². The molecule has 1 heterocycles. The number of rotatable bonds is 0. The molecule has 1 amide bonds. The summed E-state index contributed by atoms with van der Waals surface area (Å²) in [6.07, 6.45) is -4.33. The van der Waals surface area contributed by atoms with Crippen molar-refractivity contribution >= 4 is 5.91 Å². The van der Waals surface area contributed by atoms with Crippen LogP contribution in [-0.2, 0) is 4.79 Å². The molecule has 1 fully saturated rings. The zero-order valence-electron chi connectivity index (χ0n) is 7.19. The molecular weight excluding hydrogens is 185 g/mol. The zero-order valence-corrected chi connectivity index (χ0v) is 7.19. The third-order valence-corrected chi connectivity index (χ3v) is 2.03. The molecule has 0 aromatic carbocycles. The normalized spacial score (nSPS) is 24.6. The number of amides is 1. The van der Waals surface area contributed by atoms with Crippen molar-refractivity contribution in [3.05, 3.63) is 0 Å². The maximum Gasteiger partial charge on any atom is 0.410 e. The third kappa shape index (κ3) is 2.33. The fraction of sp³-hybridized carbons (Fsp3) is 0.857. The lowest BCUT2D eigenvalue weighted by Gasteiger charge is -2.36. The van der Waals surface area contributed by atoms with Crippen molar-refractivity contribution in [3.8, 4) is 0 Å². The summed E-state index contributed by atoms with van der Waals surface area (Å²) in [5, 5.41) is 2.61. The van der Waals surface area contributed by atoms with Crippen LogP contribution in [0.1, 0.15) is 6.92 Å². The van der Waals surface area contributed by atoms with E-state index in [9.17, 15) is 18.0 Å². The summed E-state index contributed by atoms with van der Waals surface area (Å²) in [4.78, 5) is 11.7. The Morgan fingerprint density at radius 3 is 2.54 bits per heavy atom. The fourth-order valence-electron chi connectivity index (χ4n) is 1.37. The SMILES string of the molecule is CC(=O)N1CCNCC1C(F)(F)F. The number of piperazine rings is 1. The minimum Gasteiger partial charge on any atom is -0.328 e. The molecule has 0 aromatic rings. The van der Waals surface area contributed by atoms with E-state index in [2.05, 4.69) is 5.32 Å². The van der Waals surface area contributed by atoms with Gasteiger partial charge in [0.15, 0.2) is 0 Å². The maximum atomic E-state index is 12.3. The predicted molar refractivity (Wildman–Crippen MR) is 40.1 cm³/mol. The van der Waals surface area contributed by atoms with Gasteiger partial charge in [-0.3, -0.25) is 4.79 Å². The van der Waals surface area contributed by atoms with Crippen molar-refractivity contribution in [3.63, 3.8) is 0 Å². The molecular formula is C7H11F3N2O. The second-order valence-corrected chi connectivity index (χ2v) is 2.97. The van der Waals surface area contributed by atoms with Crippen molar-refractivity contribution in [1.82, 2.24) is 10.2 Å². The first-order valence-electron chi connectivity index (χ1n) is 3.97. The first kappa shape index (κ1) is 10.3. The molecule has 1 rings (SSSR count). The van der Waals surface area contributed by atoms with Gasteiger partial charge in [-0.2, -0.15) is 13.2 Å². The maximum absolute atomic E-state index is 12.3. The zero-order chi connectivity index (χ0) is 10.1. The average molecular weight is 196 g/mol. The van der Waals surface area contributed by atoms with Gasteiger partial charge in [0.1, 0.15) is 6.04 Å². The van der Waals surface area contributed by atoms with Crippen LogP contribution in [0.4, 0.5) is 13.2 Å². The van der Waals surface area contributed by atoms with Crippen LogP contribution in [0.2, 0.25) is 0 Å². The molecule has 3 nitrogen and oxygen atoms in total. The molecule has 76 valence electrons. The molecule has 1 atom stereocenters. The molecule has 1 saturated heterocycles. The lowest BCUT2D eigenvalue weighted by molar-refractivity contribution is -0.191. The number of hydrogen-bond donors (Lipinski definition) is 1. The Balaban J connectivity index is 2.73. The molecule has 1 aliphatic rings. The van der Waals surface area contributed by atoms with E-state index in [-0.39, 0.29) is 13.1 Å². The second kappa shape index (κ2) is 3.53. The molecule has 1 aliphatic heterocycles. The second-order valence-electron chi connectivity index (χ2n) is 2.97. The van der Waals surface area contributed by atoms with E-state index in [1.807, 2.05) is 0 Å². The summed E-state index contributed by atoms with van der Waals surface area (Å²) in [5.74, 6) is -0.524. The van der Waals surface area contributed by atoms with E-state index in [1.165, 1.54) is 0 Å². The molecule has 1 N–H and O–H groups in total. The van der Waals surface area contributed by atoms with Crippen molar-refractivity contribution in [1.29, 1.82) is 0 Å². The average Bonchev–Trinajstić information content (AvgIpc) is 2.03. The van der Waals surface area contributed by atoms with E-state index < -0.39 is 18.1 Å². The van der Waals surface area contributed by atoms with Crippen LogP contribution in [0.3, 0.4) is 0 Å². The van der Waals surface area contributed by atoms with Crippen LogP contribution in [0, 0.1) is 0 Å². The number of nitrogens with one attached hydrogen (secondary N) is 1.